The first kappa shape index (κ1) is 9.58. The minimum atomic E-state index is 0.776. The Morgan fingerprint density at radius 1 is 0.933 bits per heavy atom. The standard InChI is InChI=1S/C11H12N4/c1-8-13-6-10(7-14-8)9-3-4-11(12-2)15-5-9/h3-7H,1-2H3,(H,12,15). The number of rotatable bonds is 2. The fourth-order valence-electron chi connectivity index (χ4n) is 1.25. The molecular weight excluding hydrogens is 188 g/mol. The zero-order valence-corrected chi connectivity index (χ0v) is 8.73. The highest BCUT2D eigenvalue weighted by Crippen LogP contribution is 2.17. The van der Waals surface area contributed by atoms with E-state index in [1.807, 2.05) is 26.1 Å². The second-order valence-electron chi connectivity index (χ2n) is 3.20. The average Bonchev–Trinajstić information content (AvgIpc) is 2.30. The predicted octanol–water partition coefficient (Wildman–Crippen LogP) is 1.89. The molecule has 0 unspecified atom stereocenters. The van der Waals surface area contributed by atoms with E-state index in [-0.39, 0.29) is 0 Å². The highest BCUT2D eigenvalue weighted by atomic mass is 14.9. The highest BCUT2D eigenvalue weighted by Gasteiger charge is 1.99. The molecule has 0 bridgehead atoms. The van der Waals surface area contributed by atoms with Gasteiger partial charge < -0.3 is 5.32 Å². The summed E-state index contributed by atoms with van der Waals surface area (Å²) in [7, 11) is 1.84. The third-order valence-electron chi connectivity index (χ3n) is 2.13. The maximum absolute atomic E-state index is 4.23. The number of anilines is 1. The first-order valence-electron chi connectivity index (χ1n) is 4.72. The minimum Gasteiger partial charge on any atom is -0.373 e. The maximum Gasteiger partial charge on any atom is 0.125 e. The van der Waals surface area contributed by atoms with E-state index in [0.29, 0.717) is 0 Å². The van der Waals surface area contributed by atoms with Gasteiger partial charge in [-0.2, -0.15) is 0 Å². The lowest BCUT2D eigenvalue weighted by atomic mass is 10.1. The van der Waals surface area contributed by atoms with Crippen molar-refractivity contribution in [1.82, 2.24) is 15.0 Å². The summed E-state index contributed by atoms with van der Waals surface area (Å²) in [5.74, 6) is 1.63. The van der Waals surface area contributed by atoms with Gasteiger partial charge in [-0.1, -0.05) is 0 Å². The second kappa shape index (κ2) is 4.04. The van der Waals surface area contributed by atoms with Crippen LogP contribution < -0.4 is 5.32 Å². The molecule has 0 aromatic carbocycles. The van der Waals surface area contributed by atoms with Crippen LogP contribution in [0.5, 0.6) is 0 Å². The topological polar surface area (TPSA) is 50.7 Å². The van der Waals surface area contributed by atoms with Crippen molar-refractivity contribution >= 4 is 5.82 Å². The van der Waals surface area contributed by atoms with Crippen molar-refractivity contribution in [3.05, 3.63) is 36.5 Å². The minimum absolute atomic E-state index is 0.776. The summed E-state index contributed by atoms with van der Waals surface area (Å²) in [6.45, 7) is 1.87. The van der Waals surface area contributed by atoms with E-state index in [0.717, 1.165) is 22.8 Å². The molecule has 0 saturated heterocycles. The van der Waals surface area contributed by atoms with Gasteiger partial charge >= 0.3 is 0 Å². The molecule has 76 valence electrons. The fraction of sp³-hybridized carbons (Fsp3) is 0.182. The smallest absolute Gasteiger partial charge is 0.125 e. The van der Waals surface area contributed by atoms with Gasteiger partial charge in [0, 0.05) is 36.8 Å². The Morgan fingerprint density at radius 2 is 1.60 bits per heavy atom. The van der Waals surface area contributed by atoms with Crippen LogP contribution in [0.4, 0.5) is 5.82 Å². The summed E-state index contributed by atoms with van der Waals surface area (Å²) >= 11 is 0. The molecule has 2 aromatic rings. The summed E-state index contributed by atoms with van der Waals surface area (Å²) in [6.07, 6.45) is 5.41. The van der Waals surface area contributed by atoms with Crippen LogP contribution in [0.3, 0.4) is 0 Å². The molecule has 0 aliphatic heterocycles. The molecular formula is C11H12N4. The summed E-state index contributed by atoms with van der Waals surface area (Å²) in [6, 6.07) is 3.92. The Morgan fingerprint density at radius 3 is 2.13 bits per heavy atom. The van der Waals surface area contributed by atoms with E-state index in [4.69, 9.17) is 0 Å². The van der Waals surface area contributed by atoms with Crippen LogP contribution in [-0.4, -0.2) is 22.0 Å². The van der Waals surface area contributed by atoms with Gasteiger partial charge in [0.15, 0.2) is 0 Å². The first-order chi connectivity index (χ1) is 7.29. The lowest BCUT2D eigenvalue weighted by molar-refractivity contribution is 1.05. The number of aryl methyl sites for hydroxylation is 1. The fourth-order valence-corrected chi connectivity index (χ4v) is 1.25. The van der Waals surface area contributed by atoms with E-state index >= 15 is 0 Å². The normalized spacial score (nSPS) is 10.0. The monoisotopic (exact) mass is 200 g/mol. The van der Waals surface area contributed by atoms with E-state index < -0.39 is 0 Å². The molecule has 2 rings (SSSR count). The lowest BCUT2D eigenvalue weighted by Gasteiger charge is -2.02. The molecule has 0 aliphatic carbocycles. The molecule has 0 radical (unpaired) electrons. The largest absolute Gasteiger partial charge is 0.373 e. The van der Waals surface area contributed by atoms with Gasteiger partial charge in [0.05, 0.1) is 0 Å². The van der Waals surface area contributed by atoms with Crippen LogP contribution in [0.25, 0.3) is 11.1 Å². The van der Waals surface area contributed by atoms with Crippen molar-refractivity contribution in [2.75, 3.05) is 12.4 Å². The van der Waals surface area contributed by atoms with Crippen LogP contribution in [0.15, 0.2) is 30.7 Å². The predicted molar refractivity (Wildman–Crippen MR) is 59.5 cm³/mol. The van der Waals surface area contributed by atoms with Gasteiger partial charge in [0.25, 0.3) is 0 Å². The van der Waals surface area contributed by atoms with Gasteiger partial charge in [0.2, 0.25) is 0 Å². The summed E-state index contributed by atoms with van der Waals surface area (Å²) in [4.78, 5) is 12.5. The van der Waals surface area contributed by atoms with E-state index in [1.165, 1.54) is 0 Å². The molecule has 0 fully saturated rings. The molecule has 4 nitrogen and oxygen atoms in total. The number of pyridine rings is 1. The van der Waals surface area contributed by atoms with Gasteiger partial charge in [-0.3, -0.25) is 0 Å². The maximum atomic E-state index is 4.23. The number of nitrogens with one attached hydrogen (secondary N) is 1. The number of hydrogen-bond donors (Lipinski definition) is 1. The summed E-state index contributed by atoms with van der Waals surface area (Å²) in [5, 5.41) is 2.97. The molecule has 0 atom stereocenters. The second-order valence-corrected chi connectivity index (χ2v) is 3.20. The number of aromatic nitrogens is 3. The highest BCUT2D eigenvalue weighted by molar-refractivity contribution is 5.61. The number of hydrogen-bond acceptors (Lipinski definition) is 4. The van der Waals surface area contributed by atoms with Gasteiger partial charge in [-0.15, -0.1) is 0 Å². The Balaban J connectivity index is 2.33. The van der Waals surface area contributed by atoms with Crippen molar-refractivity contribution in [3.8, 4) is 11.1 Å². The zero-order chi connectivity index (χ0) is 10.7. The molecule has 0 saturated carbocycles. The van der Waals surface area contributed by atoms with Crippen molar-refractivity contribution < 1.29 is 0 Å². The van der Waals surface area contributed by atoms with E-state index in [2.05, 4.69) is 20.3 Å². The van der Waals surface area contributed by atoms with Crippen molar-refractivity contribution in [3.63, 3.8) is 0 Å². The molecule has 4 heteroatoms. The molecule has 15 heavy (non-hydrogen) atoms. The molecule has 0 spiro atoms. The van der Waals surface area contributed by atoms with Crippen LogP contribution in [-0.2, 0) is 0 Å². The van der Waals surface area contributed by atoms with Gasteiger partial charge in [0.1, 0.15) is 11.6 Å². The Kier molecular flexibility index (Phi) is 2.58. The zero-order valence-electron chi connectivity index (χ0n) is 8.73. The van der Waals surface area contributed by atoms with Gasteiger partial charge in [-0.05, 0) is 19.1 Å². The average molecular weight is 200 g/mol. The molecule has 2 heterocycles. The SMILES string of the molecule is CNc1ccc(-c2cnc(C)nc2)cn1. The molecule has 0 amide bonds. The first-order valence-corrected chi connectivity index (χ1v) is 4.72. The van der Waals surface area contributed by atoms with Crippen LogP contribution in [0.2, 0.25) is 0 Å². The Labute approximate surface area is 88.4 Å². The molecule has 2 aromatic heterocycles. The molecule has 1 N–H and O–H groups in total. The van der Waals surface area contributed by atoms with Crippen LogP contribution >= 0.6 is 0 Å². The Hall–Kier alpha value is -1.97. The lowest BCUT2D eigenvalue weighted by Crippen LogP contribution is -1.92. The Bertz CT molecular complexity index is 433. The van der Waals surface area contributed by atoms with Crippen LogP contribution in [0.1, 0.15) is 5.82 Å². The van der Waals surface area contributed by atoms with Crippen molar-refractivity contribution in [2.24, 2.45) is 0 Å². The van der Waals surface area contributed by atoms with Crippen LogP contribution in [0, 0.1) is 6.92 Å². The van der Waals surface area contributed by atoms with Gasteiger partial charge in [-0.25, -0.2) is 15.0 Å². The van der Waals surface area contributed by atoms with Crippen molar-refractivity contribution in [1.29, 1.82) is 0 Å². The quantitative estimate of drug-likeness (QED) is 0.804. The van der Waals surface area contributed by atoms with E-state index in [1.54, 1.807) is 18.6 Å². The number of nitrogens with zero attached hydrogens (tertiary/aromatic N) is 3. The third-order valence-corrected chi connectivity index (χ3v) is 2.13. The summed E-state index contributed by atoms with van der Waals surface area (Å²) < 4.78 is 0. The summed E-state index contributed by atoms with van der Waals surface area (Å²) in [5.41, 5.74) is 2.00. The molecule has 0 aliphatic rings. The van der Waals surface area contributed by atoms with Crippen molar-refractivity contribution in [2.45, 2.75) is 6.92 Å². The van der Waals surface area contributed by atoms with E-state index in [9.17, 15) is 0 Å². The third kappa shape index (κ3) is 2.10.